The van der Waals surface area contributed by atoms with Crippen LogP contribution < -0.4 is 4.74 Å². The maximum absolute atomic E-state index is 6.47. The molecule has 0 saturated heterocycles. The summed E-state index contributed by atoms with van der Waals surface area (Å²) in [7, 11) is 0. The number of hydrogen-bond donors (Lipinski definition) is 0. The van der Waals surface area contributed by atoms with Gasteiger partial charge >= 0.3 is 0 Å². The lowest BCUT2D eigenvalue weighted by Gasteiger charge is -2.29. The SMILES string of the molecule is CCCCC(c1ccc(-c2ccccc2)c(OCC(C)CC)c1)C(Br)CCC1CCC(C)CC1. The van der Waals surface area contributed by atoms with Crippen LogP contribution in [0.3, 0.4) is 0 Å². The molecule has 1 aliphatic rings. The smallest absolute Gasteiger partial charge is 0.127 e. The lowest BCUT2D eigenvalue weighted by atomic mass is 9.79. The molecule has 0 bridgehead atoms. The van der Waals surface area contributed by atoms with E-state index >= 15 is 0 Å². The summed E-state index contributed by atoms with van der Waals surface area (Å²) in [4.78, 5) is 0.531. The van der Waals surface area contributed by atoms with Crippen LogP contribution in [0.1, 0.15) is 103 Å². The average Bonchev–Trinajstić information content (AvgIpc) is 2.87. The largest absolute Gasteiger partial charge is 0.493 e. The van der Waals surface area contributed by atoms with Crippen LogP contribution in [-0.4, -0.2) is 11.4 Å². The van der Waals surface area contributed by atoms with Crippen molar-refractivity contribution in [2.45, 2.75) is 103 Å². The molecule has 3 unspecified atom stereocenters. The predicted octanol–water partition coefficient (Wildman–Crippen LogP) is 10.4. The van der Waals surface area contributed by atoms with Gasteiger partial charge < -0.3 is 4.74 Å². The first-order valence-corrected chi connectivity index (χ1v) is 14.9. The van der Waals surface area contributed by atoms with Gasteiger partial charge in [0.05, 0.1) is 6.61 Å². The van der Waals surface area contributed by atoms with Crippen LogP contribution in [0.5, 0.6) is 5.75 Å². The molecule has 188 valence electrons. The Morgan fingerprint density at radius 3 is 2.38 bits per heavy atom. The van der Waals surface area contributed by atoms with E-state index in [-0.39, 0.29) is 0 Å². The van der Waals surface area contributed by atoms with Gasteiger partial charge in [-0.1, -0.05) is 131 Å². The van der Waals surface area contributed by atoms with E-state index in [9.17, 15) is 0 Å². The Bertz CT molecular complexity index is 824. The van der Waals surface area contributed by atoms with Gasteiger partial charge in [0, 0.05) is 10.4 Å². The topological polar surface area (TPSA) is 9.23 Å². The van der Waals surface area contributed by atoms with E-state index in [4.69, 9.17) is 4.74 Å². The molecule has 2 aromatic rings. The summed E-state index contributed by atoms with van der Waals surface area (Å²) in [5, 5.41) is 0. The highest BCUT2D eigenvalue weighted by molar-refractivity contribution is 9.09. The zero-order valence-corrected chi connectivity index (χ0v) is 23.7. The summed E-state index contributed by atoms with van der Waals surface area (Å²) in [5.41, 5.74) is 3.89. The zero-order valence-electron chi connectivity index (χ0n) is 22.1. The fourth-order valence-corrected chi connectivity index (χ4v) is 6.12. The molecule has 0 aromatic heterocycles. The van der Waals surface area contributed by atoms with Crippen molar-refractivity contribution >= 4 is 15.9 Å². The van der Waals surface area contributed by atoms with Crippen molar-refractivity contribution in [3.8, 4) is 16.9 Å². The molecule has 0 amide bonds. The highest BCUT2D eigenvalue weighted by Crippen LogP contribution is 2.40. The van der Waals surface area contributed by atoms with Crippen LogP contribution in [0, 0.1) is 17.8 Å². The summed E-state index contributed by atoms with van der Waals surface area (Å²) in [6, 6.07) is 17.7. The van der Waals surface area contributed by atoms with Gasteiger partial charge in [0.15, 0.2) is 0 Å². The predicted molar refractivity (Wildman–Crippen MR) is 152 cm³/mol. The highest BCUT2D eigenvalue weighted by Gasteiger charge is 2.25. The lowest BCUT2D eigenvalue weighted by Crippen LogP contribution is -2.17. The van der Waals surface area contributed by atoms with Crippen LogP contribution in [0.2, 0.25) is 0 Å². The Balaban J connectivity index is 1.79. The van der Waals surface area contributed by atoms with E-state index < -0.39 is 0 Å². The molecule has 1 saturated carbocycles. The van der Waals surface area contributed by atoms with E-state index in [1.165, 1.54) is 74.5 Å². The molecule has 3 rings (SSSR count). The lowest BCUT2D eigenvalue weighted by molar-refractivity contribution is 0.257. The van der Waals surface area contributed by atoms with Crippen molar-refractivity contribution in [1.82, 2.24) is 0 Å². The first kappa shape index (κ1) is 27.3. The van der Waals surface area contributed by atoms with Crippen LogP contribution in [0.25, 0.3) is 11.1 Å². The third-order valence-electron chi connectivity index (χ3n) is 8.03. The van der Waals surface area contributed by atoms with E-state index in [0.717, 1.165) is 30.6 Å². The number of benzene rings is 2. The number of alkyl halides is 1. The molecule has 0 N–H and O–H groups in total. The Hall–Kier alpha value is -1.28. The van der Waals surface area contributed by atoms with Crippen molar-refractivity contribution < 1.29 is 4.74 Å². The maximum Gasteiger partial charge on any atom is 0.127 e. The normalized spacial score (nSPS) is 21.1. The monoisotopic (exact) mass is 526 g/mol. The van der Waals surface area contributed by atoms with Gasteiger partial charge in [0.1, 0.15) is 5.75 Å². The van der Waals surface area contributed by atoms with Gasteiger partial charge in [-0.3, -0.25) is 0 Å². The first-order chi connectivity index (χ1) is 16.5. The highest BCUT2D eigenvalue weighted by atomic mass is 79.9. The molecule has 0 radical (unpaired) electrons. The molecule has 2 aromatic carbocycles. The molecule has 1 nitrogen and oxygen atoms in total. The van der Waals surface area contributed by atoms with Crippen molar-refractivity contribution in [1.29, 1.82) is 0 Å². The third kappa shape index (κ3) is 8.14. The van der Waals surface area contributed by atoms with Crippen LogP contribution in [0.15, 0.2) is 48.5 Å². The first-order valence-electron chi connectivity index (χ1n) is 14.0. The van der Waals surface area contributed by atoms with E-state index in [1.54, 1.807) is 0 Å². The standard InChI is InChI=1S/C32H47BrO/c1-5-7-13-29(31(33)21-18-26-16-14-25(4)15-17-26)28-19-20-30(27-11-9-8-10-12-27)32(22-28)34-23-24(3)6-2/h8-12,19-20,22,24-26,29,31H,5-7,13-18,21,23H2,1-4H3. The van der Waals surface area contributed by atoms with Gasteiger partial charge in [0.2, 0.25) is 0 Å². The van der Waals surface area contributed by atoms with Crippen LogP contribution >= 0.6 is 15.9 Å². The summed E-state index contributed by atoms with van der Waals surface area (Å²) >= 11 is 4.17. The maximum atomic E-state index is 6.47. The Morgan fingerprint density at radius 2 is 1.71 bits per heavy atom. The van der Waals surface area contributed by atoms with E-state index in [1.807, 2.05) is 0 Å². The minimum Gasteiger partial charge on any atom is -0.493 e. The van der Waals surface area contributed by atoms with E-state index in [2.05, 4.69) is 92.2 Å². The molecule has 0 aliphatic heterocycles. The third-order valence-corrected chi connectivity index (χ3v) is 9.13. The van der Waals surface area contributed by atoms with Crippen LogP contribution in [-0.2, 0) is 0 Å². The zero-order chi connectivity index (χ0) is 24.3. The number of halogens is 1. The second-order valence-corrected chi connectivity index (χ2v) is 12.1. The van der Waals surface area contributed by atoms with Crippen molar-refractivity contribution in [2.75, 3.05) is 6.61 Å². The average molecular weight is 528 g/mol. The van der Waals surface area contributed by atoms with Gasteiger partial charge in [-0.2, -0.15) is 0 Å². The summed E-state index contributed by atoms with van der Waals surface area (Å²) in [6.45, 7) is 10.0. The summed E-state index contributed by atoms with van der Waals surface area (Å²) in [5.74, 6) is 4.01. The molecule has 1 aliphatic carbocycles. The summed E-state index contributed by atoms with van der Waals surface area (Å²) in [6.07, 6.45) is 13.3. The number of hydrogen-bond acceptors (Lipinski definition) is 1. The Labute approximate surface area is 218 Å². The number of rotatable bonds is 13. The summed E-state index contributed by atoms with van der Waals surface area (Å²) < 4.78 is 6.47. The molecule has 2 heteroatoms. The van der Waals surface area contributed by atoms with Crippen molar-refractivity contribution in [2.24, 2.45) is 17.8 Å². The Kier molecular flexibility index (Phi) is 11.5. The number of unbranched alkanes of at least 4 members (excludes halogenated alkanes) is 1. The van der Waals surface area contributed by atoms with E-state index in [0.29, 0.717) is 16.7 Å². The molecule has 0 spiro atoms. The fraction of sp³-hybridized carbons (Fsp3) is 0.625. The Morgan fingerprint density at radius 1 is 0.971 bits per heavy atom. The quantitative estimate of drug-likeness (QED) is 0.235. The minimum atomic E-state index is 0.531. The second kappa shape index (κ2) is 14.3. The molecule has 1 fully saturated rings. The number of ether oxygens (including phenoxy) is 1. The molecule has 3 atom stereocenters. The second-order valence-electron chi connectivity index (χ2n) is 10.9. The molecule has 0 heterocycles. The van der Waals surface area contributed by atoms with Crippen molar-refractivity contribution in [3.05, 3.63) is 54.1 Å². The van der Waals surface area contributed by atoms with Gasteiger partial charge in [0.25, 0.3) is 0 Å². The molecular formula is C32H47BrO. The minimum absolute atomic E-state index is 0.531. The van der Waals surface area contributed by atoms with Gasteiger partial charge in [-0.05, 0) is 60.1 Å². The molecular weight excluding hydrogens is 480 g/mol. The fourth-order valence-electron chi connectivity index (χ4n) is 5.29. The van der Waals surface area contributed by atoms with Gasteiger partial charge in [-0.25, -0.2) is 0 Å². The van der Waals surface area contributed by atoms with Gasteiger partial charge in [-0.15, -0.1) is 0 Å². The molecule has 34 heavy (non-hydrogen) atoms. The van der Waals surface area contributed by atoms with Crippen LogP contribution in [0.4, 0.5) is 0 Å². The van der Waals surface area contributed by atoms with Crippen molar-refractivity contribution in [3.63, 3.8) is 0 Å².